The normalized spacial score (nSPS) is 28.9. The average Bonchev–Trinajstić information content (AvgIpc) is 2.75. The van der Waals surface area contributed by atoms with Crippen molar-refractivity contribution in [3.05, 3.63) is 0 Å². The van der Waals surface area contributed by atoms with Gasteiger partial charge in [0.15, 0.2) is 0 Å². The molecule has 0 spiro atoms. The quantitative estimate of drug-likeness (QED) is 0.631. The lowest BCUT2D eigenvalue weighted by molar-refractivity contribution is -0.128. The second-order valence-corrected chi connectivity index (χ2v) is 4.16. The minimum atomic E-state index is -0.137. The summed E-state index contributed by atoms with van der Waals surface area (Å²) in [6, 6.07) is 0. The van der Waals surface area contributed by atoms with Gasteiger partial charge in [0.1, 0.15) is 6.34 Å². The van der Waals surface area contributed by atoms with Crippen molar-refractivity contribution in [3.8, 4) is 0 Å². The fourth-order valence-corrected chi connectivity index (χ4v) is 1.85. The van der Waals surface area contributed by atoms with Crippen LogP contribution in [0.15, 0.2) is 10.2 Å². The van der Waals surface area contributed by atoms with E-state index in [1.807, 2.05) is 4.90 Å². The summed E-state index contributed by atoms with van der Waals surface area (Å²) < 4.78 is 0. The van der Waals surface area contributed by atoms with Crippen molar-refractivity contribution in [3.63, 3.8) is 0 Å². The number of hydrogen-bond donors (Lipinski definition) is 1. The van der Waals surface area contributed by atoms with E-state index in [4.69, 9.17) is 0 Å². The summed E-state index contributed by atoms with van der Waals surface area (Å²) in [4.78, 5) is 13.0. The molecule has 1 saturated heterocycles. The molecule has 0 aromatic rings. The van der Waals surface area contributed by atoms with E-state index in [0.29, 0.717) is 12.5 Å². The maximum Gasteiger partial charge on any atom is 0.244 e. The molecule has 1 amide bonds. The lowest BCUT2D eigenvalue weighted by Crippen LogP contribution is -2.50. The zero-order valence-electron chi connectivity index (χ0n) is 8.90. The third-order valence-corrected chi connectivity index (χ3v) is 2.72. The third-order valence-electron chi connectivity index (χ3n) is 2.72. The molecule has 0 aromatic heterocycles. The molecule has 0 bridgehead atoms. The van der Waals surface area contributed by atoms with Gasteiger partial charge in [-0.15, -0.1) is 10.2 Å². The highest BCUT2D eigenvalue weighted by molar-refractivity contribution is 5.93. The van der Waals surface area contributed by atoms with Gasteiger partial charge < -0.3 is 10.2 Å². The molecule has 2 aliphatic heterocycles. The highest BCUT2D eigenvalue weighted by atomic mass is 16.2. The summed E-state index contributed by atoms with van der Waals surface area (Å²) >= 11 is 0. The Labute approximate surface area is 88.4 Å². The van der Waals surface area contributed by atoms with Crippen molar-refractivity contribution in [1.82, 2.24) is 15.5 Å². The van der Waals surface area contributed by atoms with Gasteiger partial charge in [-0.1, -0.05) is 0 Å². The molecule has 0 aliphatic carbocycles. The molecular formula is C9H14N5O. The highest BCUT2D eigenvalue weighted by Gasteiger charge is 2.36. The molecule has 2 heterocycles. The smallest absolute Gasteiger partial charge is 0.244 e. The molecule has 6 nitrogen and oxygen atoms in total. The number of hydrogen-bond acceptors (Lipinski definition) is 4. The molecule has 2 rings (SSSR count). The summed E-state index contributed by atoms with van der Waals surface area (Å²) in [5.74, 6) is 0.643. The number of guanidine groups is 1. The van der Waals surface area contributed by atoms with E-state index in [2.05, 4.69) is 27.8 Å². The topological polar surface area (TPSA) is 71.2 Å². The predicted octanol–water partition coefficient (Wildman–Crippen LogP) is -0.496. The summed E-state index contributed by atoms with van der Waals surface area (Å²) in [6.45, 7) is 5.13. The van der Waals surface area contributed by atoms with Gasteiger partial charge in [-0.25, -0.2) is 0 Å². The molecule has 0 aromatic carbocycles. The first-order valence-corrected chi connectivity index (χ1v) is 4.93. The van der Waals surface area contributed by atoms with Crippen LogP contribution < -0.4 is 10.6 Å². The van der Waals surface area contributed by atoms with Gasteiger partial charge in [-0.2, -0.15) is 5.32 Å². The molecule has 1 fully saturated rings. The lowest BCUT2D eigenvalue weighted by Gasteiger charge is -2.25. The maximum atomic E-state index is 11.2. The SMILES string of the molecule is CC(=O)N1CCC(C)(NC2=NN=C[N]2)C1. The molecule has 6 heteroatoms. The van der Waals surface area contributed by atoms with Gasteiger partial charge in [0, 0.05) is 20.0 Å². The second kappa shape index (κ2) is 3.52. The molecule has 0 saturated carbocycles. The molecule has 1 atom stereocenters. The van der Waals surface area contributed by atoms with Crippen LogP contribution in [0.4, 0.5) is 0 Å². The molecule has 2 aliphatic rings. The van der Waals surface area contributed by atoms with Crippen LogP contribution in [0.5, 0.6) is 0 Å². The Morgan fingerprint density at radius 2 is 2.47 bits per heavy atom. The van der Waals surface area contributed by atoms with Gasteiger partial charge in [0.05, 0.1) is 5.54 Å². The Balaban J connectivity index is 1.94. The zero-order valence-corrected chi connectivity index (χ0v) is 8.90. The van der Waals surface area contributed by atoms with Crippen LogP contribution in [0.1, 0.15) is 20.3 Å². The van der Waals surface area contributed by atoms with Crippen molar-refractivity contribution in [2.45, 2.75) is 25.8 Å². The average molecular weight is 208 g/mol. The summed E-state index contributed by atoms with van der Waals surface area (Å²) in [6.07, 6.45) is 2.31. The molecule has 1 radical (unpaired) electrons. The Morgan fingerprint density at radius 3 is 3.00 bits per heavy atom. The largest absolute Gasteiger partial charge is 0.346 e. The van der Waals surface area contributed by atoms with Crippen LogP contribution in [0.2, 0.25) is 0 Å². The lowest BCUT2D eigenvalue weighted by atomic mass is 10.0. The number of nitrogens with zero attached hydrogens (tertiary/aromatic N) is 4. The number of amides is 1. The van der Waals surface area contributed by atoms with Gasteiger partial charge in [0.25, 0.3) is 0 Å². The van der Waals surface area contributed by atoms with Crippen molar-refractivity contribution >= 4 is 18.2 Å². The number of carbonyl (C=O) groups excluding carboxylic acids is 1. The van der Waals surface area contributed by atoms with Crippen LogP contribution >= 0.6 is 0 Å². The molecular weight excluding hydrogens is 194 g/mol. The maximum absolute atomic E-state index is 11.2. The van der Waals surface area contributed by atoms with Crippen molar-refractivity contribution in [2.24, 2.45) is 10.2 Å². The van der Waals surface area contributed by atoms with Gasteiger partial charge >= 0.3 is 0 Å². The minimum Gasteiger partial charge on any atom is -0.346 e. The Hall–Kier alpha value is -1.59. The molecule has 1 N–H and O–H groups in total. The molecule has 15 heavy (non-hydrogen) atoms. The monoisotopic (exact) mass is 208 g/mol. The Morgan fingerprint density at radius 1 is 1.67 bits per heavy atom. The van der Waals surface area contributed by atoms with Crippen LogP contribution in [-0.4, -0.2) is 41.7 Å². The van der Waals surface area contributed by atoms with E-state index < -0.39 is 0 Å². The van der Waals surface area contributed by atoms with Gasteiger partial charge in [0.2, 0.25) is 11.9 Å². The highest BCUT2D eigenvalue weighted by Crippen LogP contribution is 2.20. The van der Waals surface area contributed by atoms with Crippen LogP contribution in [0, 0.1) is 0 Å². The van der Waals surface area contributed by atoms with Crippen LogP contribution in [0.3, 0.4) is 0 Å². The van der Waals surface area contributed by atoms with E-state index in [0.717, 1.165) is 13.0 Å². The van der Waals surface area contributed by atoms with Crippen molar-refractivity contribution < 1.29 is 4.79 Å². The number of nitrogens with one attached hydrogen (secondary N) is 1. The van der Waals surface area contributed by atoms with Crippen LogP contribution in [0.25, 0.3) is 0 Å². The van der Waals surface area contributed by atoms with E-state index in [1.54, 1.807) is 6.92 Å². The van der Waals surface area contributed by atoms with Crippen molar-refractivity contribution in [1.29, 1.82) is 0 Å². The number of rotatable bonds is 1. The first-order chi connectivity index (χ1) is 7.09. The molecule has 81 valence electrons. The van der Waals surface area contributed by atoms with Gasteiger partial charge in [-0.05, 0) is 13.3 Å². The second-order valence-electron chi connectivity index (χ2n) is 4.16. The Kier molecular flexibility index (Phi) is 2.34. The molecule has 1 unspecified atom stereocenters. The fourth-order valence-electron chi connectivity index (χ4n) is 1.85. The number of carbonyl (C=O) groups is 1. The zero-order chi connectivity index (χ0) is 10.9. The number of likely N-dealkylation sites (tertiary alicyclic amines) is 1. The van der Waals surface area contributed by atoms with E-state index in [9.17, 15) is 4.79 Å². The van der Waals surface area contributed by atoms with E-state index in [1.165, 1.54) is 6.34 Å². The summed E-state index contributed by atoms with van der Waals surface area (Å²) in [5, 5.41) is 14.6. The Bertz CT molecular complexity index is 337. The summed E-state index contributed by atoms with van der Waals surface area (Å²) in [5.41, 5.74) is -0.137. The van der Waals surface area contributed by atoms with Crippen LogP contribution in [-0.2, 0) is 4.79 Å². The fraction of sp³-hybridized carbons (Fsp3) is 0.667. The first-order valence-electron chi connectivity index (χ1n) is 4.93. The summed E-state index contributed by atoms with van der Waals surface area (Å²) in [7, 11) is 0. The minimum absolute atomic E-state index is 0.113. The predicted molar refractivity (Wildman–Crippen MR) is 56.5 cm³/mol. The van der Waals surface area contributed by atoms with E-state index >= 15 is 0 Å². The third kappa shape index (κ3) is 2.08. The van der Waals surface area contributed by atoms with Gasteiger partial charge in [-0.3, -0.25) is 4.79 Å². The van der Waals surface area contributed by atoms with Crippen molar-refractivity contribution in [2.75, 3.05) is 13.1 Å². The standard InChI is InChI=1S/C9H14N5O/c1-7(15)14-4-3-9(2,5-14)12-8-10-6-11-13-8/h6H,3-5H2,1-2H3,(H,12,13). The first kappa shape index (κ1) is 9.95. The van der Waals surface area contributed by atoms with E-state index in [-0.39, 0.29) is 11.4 Å².